The number of hydrogen-bond donors (Lipinski definition) is 2. The number of ether oxygens (including phenoxy) is 1. The summed E-state index contributed by atoms with van der Waals surface area (Å²) in [6, 6.07) is 0. The lowest BCUT2D eigenvalue weighted by molar-refractivity contribution is -0.119. The van der Waals surface area contributed by atoms with Gasteiger partial charge in [-0.1, -0.05) is 12.8 Å². The van der Waals surface area contributed by atoms with E-state index in [2.05, 4.69) is 5.32 Å². The second kappa shape index (κ2) is 7.12. The van der Waals surface area contributed by atoms with Crippen molar-refractivity contribution >= 4 is 34.1 Å². The minimum absolute atomic E-state index is 0.0378. The van der Waals surface area contributed by atoms with Crippen LogP contribution in [0.1, 0.15) is 65.1 Å². The van der Waals surface area contributed by atoms with Crippen LogP contribution in [0.4, 0.5) is 5.00 Å². The molecule has 1 heterocycles. The van der Waals surface area contributed by atoms with Gasteiger partial charge in [0.15, 0.2) is 0 Å². The summed E-state index contributed by atoms with van der Waals surface area (Å²) in [6.07, 6.45) is 3.51. The van der Waals surface area contributed by atoms with Crippen molar-refractivity contribution in [3.63, 3.8) is 0 Å². The Morgan fingerprint density at radius 3 is 2.39 bits per heavy atom. The van der Waals surface area contributed by atoms with Gasteiger partial charge >= 0.3 is 5.97 Å². The van der Waals surface area contributed by atoms with Crippen LogP contribution in [0.5, 0.6) is 0 Å². The predicted molar refractivity (Wildman–Crippen MR) is 88.7 cm³/mol. The molecule has 0 aliphatic heterocycles. The Kier molecular flexibility index (Phi) is 5.41. The van der Waals surface area contributed by atoms with Crippen molar-refractivity contribution in [3.8, 4) is 0 Å². The van der Waals surface area contributed by atoms with E-state index in [1.807, 2.05) is 0 Å². The van der Waals surface area contributed by atoms with Gasteiger partial charge in [0.1, 0.15) is 9.88 Å². The van der Waals surface area contributed by atoms with Gasteiger partial charge in [-0.15, -0.1) is 11.3 Å². The molecule has 23 heavy (non-hydrogen) atoms. The van der Waals surface area contributed by atoms with Crippen LogP contribution in [0.25, 0.3) is 0 Å². The molecule has 0 radical (unpaired) electrons. The Bertz CT molecular complexity index is 630. The molecule has 2 amide bonds. The molecule has 2 rings (SSSR count). The molecule has 0 saturated heterocycles. The van der Waals surface area contributed by atoms with E-state index in [1.54, 1.807) is 20.8 Å². The summed E-state index contributed by atoms with van der Waals surface area (Å²) >= 11 is 1.04. The first-order chi connectivity index (χ1) is 10.8. The number of thiophene rings is 1. The third-order valence-electron chi connectivity index (χ3n) is 3.88. The second-order valence-electron chi connectivity index (χ2n) is 6.05. The predicted octanol–water partition coefficient (Wildman–Crippen LogP) is 2.85. The van der Waals surface area contributed by atoms with Crippen LogP contribution in [0.3, 0.4) is 0 Å². The molecule has 0 unspecified atom stereocenters. The summed E-state index contributed by atoms with van der Waals surface area (Å²) in [5, 5.41) is 3.11. The zero-order valence-corrected chi connectivity index (χ0v) is 14.4. The van der Waals surface area contributed by atoms with Crippen molar-refractivity contribution in [2.45, 2.75) is 52.6 Å². The average molecular weight is 338 g/mol. The number of nitrogens with two attached hydrogens (primary N) is 1. The minimum atomic E-state index is -0.663. The first-order valence-corrected chi connectivity index (χ1v) is 8.58. The van der Waals surface area contributed by atoms with Gasteiger partial charge in [0.05, 0.1) is 11.7 Å². The van der Waals surface area contributed by atoms with E-state index in [4.69, 9.17) is 10.5 Å². The van der Waals surface area contributed by atoms with Crippen LogP contribution in [0.2, 0.25) is 0 Å². The highest BCUT2D eigenvalue weighted by Gasteiger charge is 2.28. The number of carbonyl (C=O) groups excluding carboxylic acids is 3. The third kappa shape index (κ3) is 3.90. The van der Waals surface area contributed by atoms with Crippen molar-refractivity contribution < 1.29 is 19.1 Å². The third-order valence-corrected chi connectivity index (χ3v) is 5.07. The molecule has 0 spiro atoms. The van der Waals surface area contributed by atoms with Gasteiger partial charge in [-0.25, -0.2) is 4.79 Å². The quantitative estimate of drug-likeness (QED) is 0.806. The van der Waals surface area contributed by atoms with E-state index < -0.39 is 11.9 Å². The first-order valence-electron chi connectivity index (χ1n) is 7.76. The molecule has 1 aliphatic carbocycles. The van der Waals surface area contributed by atoms with Gasteiger partial charge in [-0.3, -0.25) is 9.59 Å². The second-order valence-corrected chi connectivity index (χ2v) is 7.07. The Hall–Kier alpha value is -1.89. The summed E-state index contributed by atoms with van der Waals surface area (Å²) in [5.41, 5.74) is 6.07. The minimum Gasteiger partial charge on any atom is -0.459 e. The first kappa shape index (κ1) is 17.5. The molecule has 0 bridgehead atoms. The lowest BCUT2D eigenvalue weighted by Crippen LogP contribution is -2.22. The van der Waals surface area contributed by atoms with Crippen LogP contribution in [0.15, 0.2) is 0 Å². The molecule has 1 aliphatic rings. The molecule has 1 aromatic rings. The van der Waals surface area contributed by atoms with E-state index in [-0.39, 0.29) is 23.5 Å². The van der Waals surface area contributed by atoms with Gasteiger partial charge in [0.2, 0.25) is 5.91 Å². The Morgan fingerprint density at radius 1 is 1.26 bits per heavy atom. The van der Waals surface area contributed by atoms with E-state index in [9.17, 15) is 14.4 Å². The molecule has 6 nitrogen and oxygen atoms in total. The molecule has 0 atom stereocenters. The summed E-state index contributed by atoms with van der Waals surface area (Å²) in [7, 11) is 0. The van der Waals surface area contributed by atoms with E-state index >= 15 is 0 Å². The normalized spacial score (nSPS) is 15.0. The van der Waals surface area contributed by atoms with Crippen LogP contribution in [-0.2, 0) is 9.53 Å². The molecular formula is C16H22N2O4S. The average Bonchev–Trinajstić information content (AvgIpc) is 3.05. The van der Waals surface area contributed by atoms with Crippen LogP contribution >= 0.6 is 11.3 Å². The number of carbonyl (C=O) groups is 3. The maximum absolute atomic E-state index is 12.3. The van der Waals surface area contributed by atoms with Crippen molar-refractivity contribution in [1.82, 2.24) is 0 Å². The summed E-state index contributed by atoms with van der Waals surface area (Å²) < 4.78 is 5.18. The molecule has 1 saturated carbocycles. The number of esters is 1. The Labute approximate surface area is 139 Å². The Morgan fingerprint density at radius 2 is 1.87 bits per heavy atom. The SMILES string of the molecule is Cc1c(C(=O)OC(C)C)sc(NC(=O)C2CCCC2)c1C(N)=O. The van der Waals surface area contributed by atoms with Gasteiger partial charge < -0.3 is 15.8 Å². The number of rotatable bonds is 5. The highest BCUT2D eigenvalue weighted by Crippen LogP contribution is 2.35. The van der Waals surface area contributed by atoms with E-state index in [0.717, 1.165) is 37.0 Å². The lowest BCUT2D eigenvalue weighted by Gasteiger charge is -2.09. The molecule has 1 fully saturated rings. The molecule has 1 aromatic heterocycles. The van der Waals surface area contributed by atoms with Crippen molar-refractivity contribution in [3.05, 3.63) is 16.0 Å². The fraction of sp³-hybridized carbons (Fsp3) is 0.562. The van der Waals surface area contributed by atoms with E-state index in [1.165, 1.54) is 0 Å². The van der Waals surface area contributed by atoms with Crippen molar-refractivity contribution in [2.24, 2.45) is 11.7 Å². The Balaban J connectivity index is 2.29. The fourth-order valence-corrected chi connectivity index (χ4v) is 3.86. The topological polar surface area (TPSA) is 98.5 Å². The molecule has 3 N–H and O–H groups in total. The van der Waals surface area contributed by atoms with Gasteiger partial charge in [0.25, 0.3) is 5.91 Å². The van der Waals surface area contributed by atoms with Crippen molar-refractivity contribution in [2.75, 3.05) is 5.32 Å². The lowest BCUT2D eigenvalue weighted by atomic mass is 10.1. The van der Waals surface area contributed by atoms with Crippen LogP contribution in [-0.4, -0.2) is 23.9 Å². The maximum atomic E-state index is 12.3. The summed E-state index contributed by atoms with van der Waals surface area (Å²) in [5.74, 6) is -1.32. The summed E-state index contributed by atoms with van der Waals surface area (Å²) in [4.78, 5) is 36.4. The number of primary amides is 1. The molecule has 7 heteroatoms. The van der Waals surface area contributed by atoms with Gasteiger partial charge in [-0.05, 0) is 39.2 Å². The van der Waals surface area contributed by atoms with Gasteiger partial charge in [0, 0.05) is 5.92 Å². The van der Waals surface area contributed by atoms with Crippen LogP contribution < -0.4 is 11.1 Å². The number of nitrogens with one attached hydrogen (secondary N) is 1. The summed E-state index contributed by atoms with van der Waals surface area (Å²) in [6.45, 7) is 5.13. The zero-order valence-electron chi connectivity index (χ0n) is 13.6. The number of amides is 2. The molecule has 126 valence electrons. The monoisotopic (exact) mass is 338 g/mol. The molecular weight excluding hydrogens is 316 g/mol. The largest absolute Gasteiger partial charge is 0.459 e. The fourth-order valence-electron chi connectivity index (χ4n) is 2.76. The van der Waals surface area contributed by atoms with Crippen molar-refractivity contribution in [1.29, 1.82) is 0 Å². The number of anilines is 1. The standard InChI is InChI=1S/C16H22N2O4S/c1-8(2)22-16(21)12-9(3)11(13(17)19)15(23-12)18-14(20)10-6-4-5-7-10/h8,10H,4-7H2,1-3H3,(H2,17,19)(H,18,20). The smallest absolute Gasteiger partial charge is 0.348 e. The van der Waals surface area contributed by atoms with Gasteiger partial charge in [-0.2, -0.15) is 0 Å². The van der Waals surface area contributed by atoms with Crippen LogP contribution in [0, 0.1) is 12.8 Å². The number of hydrogen-bond acceptors (Lipinski definition) is 5. The highest BCUT2D eigenvalue weighted by molar-refractivity contribution is 7.18. The molecule has 0 aromatic carbocycles. The maximum Gasteiger partial charge on any atom is 0.348 e. The van der Waals surface area contributed by atoms with E-state index in [0.29, 0.717) is 15.4 Å². The zero-order chi connectivity index (χ0) is 17.1. The highest BCUT2D eigenvalue weighted by atomic mass is 32.1.